The molecule has 0 aromatic carbocycles. The first kappa shape index (κ1) is 8.31. The Morgan fingerprint density at radius 3 is 2.82 bits per heavy atom. The van der Waals surface area contributed by atoms with Gasteiger partial charge in [-0.3, -0.25) is 0 Å². The number of likely N-dealkylation sites (tertiary alicyclic amines) is 1. The number of aliphatic hydroxyl groups is 2. The summed E-state index contributed by atoms with van der Waals surface area (Å²) in [6, 6.07) is 0. The van der Waals surface area contributed by atoms with E-state index in [0.29, 0.717) is 19.5 Å². The van der Waals surface area contributed by atoms with Crippen LogP contribution in [0.3, 0.4) is 0 Å². The van der Waals surface area contributed by atoms with Crippen LogP contribution in [-0.2, 0) is 0 Å². The van der Waals surface area contributed by atoms with Crippen LogP contribution in [0.15, 0.2) is 0 Å². The highest BCUT2D eigenvalue weighted by Crippen LogP contribution is 2.15. The Labute approximate surface area is 65.7 Å². The molecule has 2 N–H and O–H groups in total. The van der Waals surface area contributed by atoms with Crippen molar-refractivity contribution in [2.45, 2.75) is 12.5 Å². The largest absolute Gasteiger partial charge is 0.396 e. The number of piperidine rings is 1. The molecule has 1 saturated heterocycles. The molecule has 4 nitrogen and oxygen atoms in total. The van der Waals surface area contributed by atoms with E-state index in [-0.39, 0.29) is 12.5 Å². The minimum atomic E-state index is -0.548. The summed E-state index contributed by atoms with van der Waals surface area (Å²) < 4.78 is 0. The van der Waals surface area contributed by atoms with Crippen molar-refractivity contribution in [3.63, 3.8) is 0 Å². The molecule has 0 unspecified atom stereocenters. The Morgan fingerprint density at radius 2 is 2.36 bits per heavy atom. The topological polar surface area (TPSA) is 67.5 Å². The lowest BCUT2D eigenvalue weighted by atomic mass is 9.95. The van der Waals surface area contributed by atoms with E-state index in [9.17, 15) is 5.11 Å². The van der Waals surface area contributed by atoms with E-state index in [2.05, 4.69) is 0 Å². The van der Waals surface area contributed by atoms with Crippen molar-refractivity contribution in [1.29, 1.82) is 5.26 Å². The molecule has 2 atom stereocenters. The summed E-state index contributed by atoms with van der Waals surface area (Å²) in [6.07, 6.45) is 2.12. The number of aliphatic hydroxyl groups excluding tert-OH is 2. The van der Waals surface area contributed by atoms with Gasteiger partial charge in [-0.2, -0.15) is 5.26 Å². The third-order valence-electron chi connectivity index (χ3n) is 2.10. The first-order chi connectivity index (χ1) is 5.27. The minimum absolute atomic E-state index is 0.0143. The molecule has 0 aromatic heterocycles. The lowest BCUT2D eigenvalue weighted by molar-refractivity contribution is 0.0152. The van der Waals surface area contributed by atoms with Gasteiger partial charge in [0.05, 0.1) is 12.6 Å². The Kier molecular flexibility index (Phi) is 2.69. The number of rotatable bonds is 1. The van der Waals surface area contributed by atoms with Crippen LogP contribution in [0.2, 0.25) is 0 Å². The van der Waals surface area contributed by atoms with E-state index in [4.69, 9.17) is 10.4 Å². The molecule has 0 aliphatic carbocycles. The summed E-state index contributed by atoms with van der Waals surface area (Å²) in [7, 11) is 0. The fraction of sp³-hybridized carbons (Fsp3) is 0.857. The second kappa shape index (κ2) is 3.56. The van der Waals surface area contributed by atoms with Crippen LogP contribution < -0.4 is 0 Å². The molecule has 62 valence electrons. The Balaban J connectivity index is 2.42. The summed E-state index contributed by atoms with van der Waals surface area (Å²) in [6.45, 7) is 1.03. The smallest absolute Gasteiger partial charge is 0.179 e. The molecule has 0 amide bonds. The van der Waals surface area contributed by atoms with Crippen LogP contribution in [-0.4, -0.2) is 40.9 Å². The van der Waals surface area contributed by atoms with E-state index < -0.39 is 6.10 Å². The first-order valence-corrected chi connectivity index (χ1v) is 3.71. The maximum atomic E-state index is 9.32. The normalized spacial score (nSPS) is 31.5. The third-order valence-corrected chi connectivity index (χ3v) is 2.10. The quantitative estimate of drug-likeness (QED) is 0.485. The third kappa shape index (κ3) is 1.82. The molecular weight excluding hydrogens is 144 g/mol. The average Bonchev–Trinajstić information content (AvgIpc) is 2.04. The predicted molar refractivity (Wildman–Crippen MR) is 38.4 cm³/mol. The molecule has 0 aromatic rings. The Hall–Kier alpha value is -0.790. The molecule has 0 saturated carbocycles. The number of β-amino-alcohol motifs (C(OH)–C–C–N with tert-alkyl or cyclic N) is 1. The van der Waals surface area contributed by atoms with Crippen molar-refractivity contribution in [2.24, 2.45) is 5.92 Å². The van der Waals surface area contributed by atoms with Crippen LogP contribution in [0, 0.1) is 17.4 Å². The van der Waals surface area contributed by atoms with Gasteiger partial charge in [0.25, 0.3) is 0 Å². The van der Waals surface area contributed by atoms with E-state index in [1.807, 2.05) is 6.19 Å². The summed E-state index contributed by atoms with van der Waals surface area (Å²) in [5.74, 6) is -0.0420. The zero-order chi connectivity index (χ0) is 8.27. The number of hydrogen-bond acceptors (Lipinski definition) is 4. The average molecular weight is 156 g/mol. The molecule has 0 bridgehead atoms. The molecule has 11 heavy (non-hydrogen) atoms. The highest BCUT2D eigenvalue weighted by molar-refractivity contribution is 4.85. The summed E-state index contributed by atoms with van der Waals surface area (Å²) >= 11 is 0. The van der Waals surface area contributed by atoms with Crippen molar-refractivity contribution in [2.75, 3.05) is 19.7 Å². The number of hydrogen-bond donors (Lipinski definition) is 2. The maximum Gasteiger partial charge on any atom is 0.179 e. The maximum absolute atomic E-state index is 9.32. The lowest BCUT2D eigenvalue weighted by Gasteiger charge is -2.31. The lowest BCUT2D eigenvalue weighted by Crippen LogP contribution is -2.42. The highest BCUT2D eigenvalue weighted by atomic mass is 16.3. The van der Waals surface area contributed by atoms with Gasteiger partial charge in [-0.25, -0.2) is 0 Å². The van der Waals surface area contributed by atoms with Crippen LogP contribution >= 0.6 is 0 Å². The van der Waals surface area contributed by atoms with Crippen LogP contribution in [0.25, 0.3) is 0 Å². The summed E-state index contributed by atoms with van der Waals surface area (Å²) in [5.41, 5.74) is 0. The minimum Gasteiger partial charge on any atom is -0.396 e. The van der Waals surface area contributed by atoms with Crippen molar-refractivity contribution < 1.29 is 10.2 Å². The van der Waals surface area contributed by atoms with E-state index in [1.165, 1.54) is 4.90 Å². The van der Waals surface area contributed by atoms with Gasteiger partial charge in [-0.15, -0.1) is 0 Å². The van der Waals surface area contributed by atoms with E-state index >= 15 is 0 Å². The predicted octanol–water partition coefficient (Wildman–Crippen LogP) is -0.857. The van der Waals surface area contributed by atoms with Gasteiger partial charge in [-0.1, -0.05) is 0 Å². The highest BCUT2D eigenvalue weighted by Gasteiger charge is 2.26. The van der Waals surface area contributed by atoms with Crippen molar-refractivity contribution >= 4 is 0 Å². The molecular formula is C7H12N2O2. The van der Waals surface area contributed by atoms with E-state index in [1.54, 1.807) is 0 Å². The summed E-state index contributed by atoms with van der Waals surface area (Å²) in [5, 5.41) is 26.5. The summed E-state index contributed by atoms with van der Waals surface area (Å²) in [4.78, 5) is 1.51. The van der Waals surface area contributed by atoms with Crippen LogP contribution in [0.4, 0.5) is 0 Å². The molecule has 0 spiro atoms. The van der Waals surface area contributed by atoms with Crippen molar-refractivity contribution in [3.8, 4) is 6.19 Å². The van der Waals surface area contributed by atoms with Gasteiger partial charge >= 0.3 is 0 Å². The van der Waals surface area contributed by atoms with Gasteiger partial charge in [0.1, 0.15) is 0 Å². The molecule has 0 radical (unpaired) electrons. The number of nitriles is 1. The van der Waals surface area contributed by atoms with Crippen LogP contribution in [0.5, 0.6) is 0 Å². The van der Waals surface area contributed by atoms with E-state index in [0.717, 1.165) is 0 Å². The van der Waals surface area contributed by atoms with Crippen molar-refractivity contribution in [3.05, 3.63) is 0 Å². The molecule has 1 aliphatic rings. The van der Waals surface area contributed by atoms with Crippen molar-refractivity contribution in [1.82, 2.24) is 4.90 Å². The standard InChI is InChI=1S/C7H12N2O2/c8-5-9-2-1-6(4-10)7(11)3-9/h6-7,10-11H,1-4H2/t6-,7-/m0/s1. The first-order valence-electron chi connectivity index (χ1n) is 3.71. The van der Waals surface area contributed by atoms with Gasteiger partial charge in [0.2, 0.25) is 0 Å². The molecule has 1 fully saturated rings. The fourth-order valence-electron chi connectivity index (χ4n) is 1.28. The monoisotopic (exact) mass is 156 g/mol. The van der Waals surface area contributed by atoms with Gasteiger partial charge < -0.3 is 15.1 Å². The second-order valence-corrected chi connectivity index (χ2v) is 2.84. The van der Waals surface area contributed by atoms with Gasteiger partial charge in [-0.05, 0) is 6.42 Å². The molecule has 1 heterocycles. The van der Waals surface area contributed by atoms with Gasteiger partial charge in [0, 0.05) is 19.1 Å². The Morgan fingerprint density at radius 1 is 1.64 bits per heavy atom. The SMILES string of the molecule is N#CN1CC[C@@H](CO)[C@@H](O)C1. The zero-order valence-corrected chi connectivity index (χ0v) is 6.27. The molecule has 1 aliphatic heterocycles. The second-order valence-electron chi connectivity index (χ2n) is 2.84. The molecule has 4 heteroatoms. The van der Waals surface area contributed by atoms with Gasteiger partial charge in [0.15, 0.2) is 6.19 Å². The fourth-order valence-corrected chi connectivity index (χ4v) is 1.28. The van der Waals surface area contributed by atoms with Crippen LogP contribution in [0.1, 0.15) is 6.42 Å². The zero-order valence-electron chi connectivity index (χ0n) is 6.27. The number of nitrogens with zero attached hydrogens (tertiary/aromatic N) is 2. The molecule has 1 rings (SSSR count). The Bertz CT molecular complexity index is 166.